The molecule has 0 bridgehead atoms. The molecule has 0 unspecified atom stereocenters. The normalized spacial score (nSPS) is 10.2. The number of unbranched alkanes of at least 4 members (excludes halogenated alkanes) is 2. The molecule has 0 saturated carbocycles. The zero-order valence-electron chi connectivity index (χ0n) is 27.5. The van der Waals surface area contributed by atoms with E-state index in [0.717, 1.165) is 12.2 Å². The predicted molar refractivity (Wildman–Crippen MR) is 182 cm³/mol. The number of hydrogen-bond acceptors (Lipinski definition) is 13. The summed E-state index contributed by atoms with van der Waals surface area (Å²) in [6.45, 7) is 7.09. The maximum atomic E-state index is 12.9. The maximum Gasteiger partial charge on any atom is 0.513 e. The Bertz CT molecular complexity index is 1700. The van der Waals surface area contributed by atoms with Gasteiger partial charge in [-0.25, -0.2) is 24.0 Å². The molecule has 3 aromatic rings. The Kier molecular flexibility index (Phi) is 16.4. The molecule has 0 N–H and O–H groups in total. The van der Waals surface area contributed by atoms with Gasteiger partial charge in [0, 0.05) is 24.1 Å². The van der Waals surface area contributed by atoms with Gasteiger partial charge in [-0.3, -0.25) is 4.79 Å². The molecule has 51 heavy (non-hydrogen) atoms. The van der Waals surface area contributed by atoms with Gasteiger partial charge in [-0.1, -0.05) is 30.8 Å². The highest BCUT2D eigenvalue weighted by Gasteiger charge is 2.15. The first-order valence-electron chi connectivity index (χ1n) is 15.6. The molecule has 0 heterocycles. The van der Waals surface area contributed by atoms with E-state index in [1.807, 2.05) is 0 Å². The highest BCUT2D eigenvalue weighted by molar-refractivity contribution is 6.32. The number of halogens is 1. The van der Waals surface area contributed by atoms with Gasteiger partial charge in [0.25, 0.3) is 0 Å². The fourth-order valence-electron chi connectivity index (χ4n) is 3.99. The molecule has 3 aromatic carbocycles. The summed E-state index contributed by atoms with van der Waals surface area (Å²) in [6, 6.07) is 16.1. The largest absolute Gasteiger partial charge is 0.513 e. The van der Waals surface area contributed by atoms with Gasteiger partial charge in [0.15, 0.2) is 5.78 Å². The molecule has 0 fully saturated rings. The first-order chi connectivity index (χ1) is 24.6. The Morgan fingerprint density at radius 2 is 1.02 bits per heavy atom. The molecule has 0 saturated heterocycles. The molecule has 0 aromatic heterocycles. The van der Waals surface area contributed by atoms with Crippen LogP contribution in [0.4, 0.5) is 9.59 Å². The van der Waals surface area contributed by atoms with Crippen LogP contribution in [-0.2, 0) is 35.0 Å². The van der Waals surface area contributed by atoms with Crippen molar-refractivity contribution in [2.45, 2.75) is 32.1 Å². The highest BCUT2D eigenvalue weighted by Crippen LogP contribution is 2.27. The zero-order valence-corrected chi connectivity index (χ0v) is 28.2. The van der Waals surface area contributed by atoms with Crippen LogP contribution in [0.3, 0.4) is 0 Å². The Labute approximate surface area is 298 Å². The number of hydrogen-bond donors (Lipinski definition) is 0. The van der Waals surface area contributed by atoms with Crippen molar-refractivity contribution in [1.29, 1.82) is 0 Å². The second-order valence-corrected chi connectivity index (χ2v) is 10.8. The smallest absolute Gasteiger partial charge is 0.463 e. The van der Waals surface area contributed by atoms with Gasteiger partial charge < -0.3 is 33.2 Å². The lowest BCUT2D eigenvalue weighted by atomic mass is 10.0. The summed E-state index contributed by atoms with van der Waals surface area (Å²) in [5, 5.41) is 0.107. The van der Waals surface area contributed by atoms with E-state index in [1.165, 1.54) is 60.7 Å². The van der Waals surface area contributed by atoms with Gasteiger partial charge in [0.1, 0.15) is 17.2 Å². The molecule has 0 aliphatic rings. The van der Waals surface area contributed by atoms with E-state index in [-0.39, 0.29) is 66.5 Å². The summed E-state index contributed by atoms with van der Waals surface area (Å²) < 4.78 is 35.2. The number of carbonyl (C=O) groups excluding carboxylic acids is 6. The number of ether oxygens (including phenoxy) is 7. The summed E-state index contributed by atoms with van der Waals surface area (Å²) in [5.74, 6) is -1.60. The SMILES string of the molecule is C=CC(=O)OCCCCOC(=O)Oc1ccc(C(=O)Cc2ccc(OC(=O)c3ccc(OC(=O)OCCCCOC(=O)C=C)cc3)c(Cl)c2)cc1. The quantitative estimate of drug-likeness (QED) is 0.0235. The molecule has 268 valence electrons. The number of Topliss-reactive ketones (excluding diaryl/α,β-unsaturated/α-hetero) is 1. The third kappa shape index (κ3) is 14.6. The van der Waals surface area contributed by atoms with Crippen molar-refractivity contribution >= 4 is 47.6 Å². The van der Waals surface area contributed by atoms with Crippen LogP contribution in [0.25, 0.3) is 0 Å². The minimum absolute atomic E-state index is 0.00659. The molecular weight excluding hydrogens is 688 g/mol. The van der Waals surface area contributed by atoms with Crippen molar-refractivity contribution in [2.75, 3.05) is 26.4 Å². The molecule has 0 spiro atoms. The van der Waals surface area contributed by atoms with Crippen LogP contribution in [0.1, 0.15) is 52.0 Å². The molecule has 3 rings (SSSR count). The predicted octanol–water partition coefficient (Wildman–Crippen LogP) is 7.03. The summed E-state index contributed by atoms with van der Waals surface area (Å²) in [6.07, 6.45) is 2.19. The molecule has 0 radical (unpaired) electrons. The van der Waals surface area contributed by atoms with Crippen LogP contribution in [-0.4, -0.2) is 62.4 Å². The Morgan fingerprint density at radius 3 is 1.47 bits per heavy atom. The molecule has 14 heteroatoms. The van der Waals surface area contributed by atoms with Crippen molar-refractivity contribution in [2.24, 2.45) is 0 Å². The van der Waals surface area contributed by atoms with Gasteiger partial charge in [-0.15, -0.1) is 0 Å². The summed E-state index contributed by atoms with van der Waals surface area (Å²) in [5.41, 5.74) is 1.09. The lowest BCUT2D eigenvalue weighted by molar-refractivity contribution is -0.138. The molecule has 13 nitrogen and oxygen atoms in total. The second-order valence-electron chi connectivity index (χ2n) is 10.4. The minimum atomic E-state index is -0.932. The molecule has 0 aliphatic carbocycles. The third-order valence-electron chi connectivity index (χ3n) is 6.57. The summed E-state index contributed by atoms with van der Waals surface area (Å²) >= 11 is 6.34. The third-order valence-corrected chi connectivity index (χ3v) is 6.87. The van der Waals surface area contributed by atoms with Gasteiger partial charge >= 0.3 is 30.2 Å². The molecular formula is C37H35ClO13. The van der Waals surface area contributed by atoms with Gasteiger partial charge in [-0.2, -0.15) is 0 Å². The van der Waals surface area contributed by atoms with E-state index in [2.05, 4.69) is 13.2 Å². The Hall–Kier alpha value is -5.95. The van der Waals surface area contributed by atoms with Crippen LogP contribution >= 0.6 is 11.6 Å². The molecule has 0 atom stereocenters. The van der Waals surface area contributed by atoms with Crippen molar-refractivity contribution < 1.29 is 61.9 Å². The van der Waals surface area contributed by atoms with Gasteiger partial charge in [-0.05, 0) is 91.9 Å². The van der Waals surface area contributed by atoms with Crippen LogP contribution in [0.2, 0.25) is 5.02 Å². The Balaban J connectivity index is 1.40. The first-order valence-corrected chi connectivity index (χ1v) is 16.0. The second kappa shape index (κ2) is 21.2. The average Bonchev–Trinajstić information content (AvgIpc) is 3.12. The zero-order chi connectivity index (χ0) is 37.0. The van der Waals surface area contributed by atoms with E-state index in [4.69, 9.17) is 44.8 Å². The lowest BCUT2D eigenvalue weighted by Crippen LogP contribution is -2.13. The van der Waals surface area contributed by atoms with Gasteiger partial charge in [0.2, 0.25) is 0 Å². The van der Waals surface area contributed by atoms with Crippen molar-refractivity contribution in [1.82, 2.24) is 0 Å². The van der Waals surface area contributed by atoms with Crippen LogP contribution < -0.4 is 14.2 Å². The van der Waals surface area contributed by atoms with E-state index in [1.54, 1.807) is 6.07 Å². The fraction of sp³-hybridized carbons (Fsp3) is 0.243. The standard InChI is InChI=1S/C37H35ClO13/c1-3-33(40)45-19-5-7-21-47-36(43)49-28-14-10-26(11-15-28)31(39)24-25-9-18-32(30(38)23-25)51-35(42)27-12-16-29(17-13-27)50-37(44)48-22-8-6-20-46-34(41)4-2/h3-4,9-18,23H,1-2,5-8,19-22,24H2. The van der Waals surface area contributed by atoms with E-state index >= 15 is 0 Å². The molecule has 0 aliphatic heterocycles. The lowest BCUT2D eigenvalue weighted by Gasteiger charge is -2.09. The van der Waals surface area contributed by atoms with E-state index in [9.17, 15) is 28.8 Å². The topological polar surface area (TPSA) is 167 Å². The number of rotatable bonds is 19. The fourth-order valence-corrected chi connectivity index (χ4v) is 4.23. The number of benzene rings is 3. The van der Waals surface area contributed by atoms with Crippen LogP contribution in [0.5, 0.6) is 17.2 Å². The van der Waals surface area contributed by atoms with Gasteiger partial charge in [0.05, 0.1) is 37.0 Å². The Morgan fingerprint density at radius 1 is 0.569 bits per heavy atom. The van der Waals surface area contributed by atoms with E-state index in [0.29, 0.717) is 36.8 Å². The highest BCUT2D eigenvalue weighted by atomic mass is 35.5. The monoisotopic (exact) mass is 722 g/mol. The van der Waals surface area contributed by atoms with Crippen molar-refractivity contribution in [3.8, 4) is 17.2 Å². The number of carbonyl (C=O) groups is 6. The first kappa shape index (κ1) is 39.5. The van der Waals surface area contributed by atoms with Crippen LogP contribution in [0.15, 0.2) is 92.0 Å². The van der Waals surface area contributed by atoms with Crippen LogP contribution in [0, 0.1) is 0 Å². The summed E-state index contributed by atoms with van der Waals surface area (Å²) in [4.78, 5) is 71.3. The van der Waals surface area contributed by atoms with Crippen molar-refractivity contribution in [3.05, 3.63) is 114 Å². The average molecular weight is 723 g/mol. The number of esters is 3. The number of ketones is 1. The van der Waals surface area contributed by atoms with E-state index < -0.39 is 30.2 Å². The van der Waals surface area contributed by atoms with Crippen molar-refractivity contribution in [3.63, 3.8) is 0 Å². The maximum absolute atomic E-state index is 12.9. The minimum Gasteiger partial charge on any atom is -0.463 e. The summed E-state index contributed by atoms with van der Waals surface area (Å²) in [7, 11) is 0. The molecule has 0 amide bonds.